The van der Waals surface area contributed by atoms with Gasteiger partial charge in [0.05, 0.1) is 11.3 Å². The highest BCUT2D eigenvalue weighted by Gasteiger charge is 2.30. The maximum Gasteiger partial charge on any atom is 0.326 e. The molecule has 1 aliphatic heterocycles. The lowest BCUT2D eigenvalue weighted by Crippen LogP contribution is -2.38. The number of rotatable bonds is 5. The van der Waals surface area contributed by atoms with Crippen molar-refractivity contribution in [2.75, 3.05) is 17.3 Å². The van der Waals surface area contributed by atoms with Crippen LogP contribution in [0.2, 0.25) is 0 Å². The molecular weight excluding hydrogens is 278 g/mol. The van der Waals surface area contributed by atoms with Gasteiger partial charge in [-0.2, -0.15) is 0 Å². The van der Waals surface area contributed by atoms with Crippen LogP contribution in [0.5, 0.6) is 0 Å². The van der Waals surface area contributed by atoms with Crippen molar-refractivity contribution in [2.45, 2.75) is 25.8 Å². The topological polar surface area (TPSA) is 113 Å². The molecule has 8 nitrogen and oxygen atoms in total. The molecule has 0 aromatic heterocycles. The normalized spacial score (nSPS) is 14.3. The summed E-state index contributed by atoms with van der Waals surface area (Å²) in [4.78, 5) is 34.6. The summed E-state index contributed by atoms with van der Waals surface area (Å²) in [7, 11) is 1.49. The lowest BCUT2D eigenvalue weighted by atomic mass is 10.1. The molecule has 1 aromatic rings. The molecule has 8 heteroatoms. The first kappa shape index (κ1) is 14.8. The van der Waals surface area contributed by atoms with Crippen LogP contribution in [0.15, 0.2) is 12.1 Å². The number of aliphatic carboxylic acids is 1. The Labute approximate surface area is 120 Å². The number of benzene rings is 1. The summed E-state index contributed by atoms with van der Waals surface area (Å²) in [5, 5.41) is 23.0. The van der Waals surface area contributed by atoms with E-state index >= 15 is 0 Å². The predicted molar refractivity (Wildman–Crippen MR) is 75.5 cm³/mol. The summed E-state index contributed by atoms with van der Waals surface area (Å²) < 4.78 is 0. The number of hydrogen-bond donors (Lipinski definition) is 2. The van der Waals surface area contributed by atoms with Gasteiger partial charge in [-0.1, -0.05) is 6.92 Å². The van der Waals surface area contributed by atoms with Crippen LogP contribution in [0.1, 0.15) is 18.9 Å². The first-order valence-corrected chi connectivity index (χ1v) is 6.42. The fourth-order valence-electron chi connectivity index (χ4n) is 2.46. The van der Waals surface area contributed by atoms with Gasteiger partial charge >= 0.3 is 5.97 Å². The third-order valence-corrected chi connectivity index (χ3v) is 3.54. The van der Waals surface area contributed by atoms with Crippen LogP contribution in [0.25, 0.3) is 0 Å². The number of fused-ring (bicyclic) bond motifs is 1. The minimum atomic E-state index is -1.06. The minimum absolute atomic E-state index is 0.0936. The minimum Gasteiger partial charge on any atom is -0.480 e. The summed E-state index contributed by atoms with van der Waals surface area (Å²) in [5.74, 6) is -1.29. The lowest BCUT2D eigenvalue weighted by Gasteiger charge is -2.26. The number of hydrogen-bond acceptors (Lipinski definition) is 5. The number of nitro benzene ring substituents is 1. The van der Waals surface area contributed by atoms with Crippen LogP contribution in [-0.4, -0.2) is 35.0 Å². The van der Waals surface area contributed by atoms with Crippen molar-refractivity contribution >= 4 is 28.9 Å². The summed E-state index contributed by atoms with van der Waals surface area (Å²) in [5.41, 5.74) is 1.02. The number of nitrogens with one attached hydrogen (secondary N) is 1. The Kier molecular flexibility index (Phi) is 3.79. The number of nitrogens with zero attached hydrogens (tertiary/aromatic N) is 2. The maximum absolute atomic E-state index is 11.4. The Morgan fingerprint density at radius 1 is 1.57 bits per heavy atom. The molecule has 2 rings (SSSR count). The number of likely N-dealkylation sites (N-methyl/N-ethyl adjacent to an activating group) is 1. The quantitative estimate of drug-likeness (QED) is 0.626. The lowest BCUT2D eigenvalue weighted by molar-refractivity contribution is -0.384. The molecule has 1 amide bonds. The van der Waals surface area contributed by atoms with E-state index in [4.69, 9.17) is 0 Å². The number of carbonyl (C=O) groups excluding carboxylic acids is 1. The van der Waals surface area contributed by atoms with Gasteiger partial charge in [0.25, 0.3) is 5.69 Å². The van der Waals surface area contributed by atoms with Gasteiger partial charge in [0.15, 0.2) is 0 Å². The molecule has 0 radical (unpaired) electrons. The van der Waals surface area contributed by atoms with E-state index in [0.717, 1.165) is 0 Å². The fourth-order valence-corrected chi connectivity index (χ4v) is 2.46. The van der Waals surface area contributed by atoms with Crippen molar-refractivity contribution in [3.05, 3.63) is 27.8 Å². The van der Waals surface area contributed by atoms with E-state index in [1.165, 1.54) is 24.1 Å². The Balaban J connectivity index is 2.52. The Morgan fingerprint density at radius 3 is 2.76 bits per heavy atom. The van der Waals surface area contributed by atoms with Crippen LogP contribution in [0, 0.1) is 10.1 Å². The molecule has 0 aliphatic carbocycles. The first-order chi connectivity index (χ1) is 9.85. The van der Waals surface area contributed by atoms with Crippen LogP contribution >= 0.6 is 0 Å². The number of nitro groups is 1. The molecule has 1 aliphatic rings. The average molecular weight is 293 g/mol. The number of carbonyl (C=O) groups is 2. The molecule has 1 heterocycles. The van der Waals surface area contributed by atoms with Crippen LogP contribution in [0.3, 0.4) is 0 Å². The van der Waals surface area contributed by atoms with Crippen LogP contribution < -0.4 is 10.2 Å². The fraction of sp³-hybridized carbons (Fsp3) is 0.385. The van der Waals surface area contributed by atoms with E-state index in [0.29, 0.717) is 17.7 Å². The highest BCUT2D eigenvalue weighted by atomic mass is 16.6. The smallest absolute Gasteiger partial charge is 0.326 e. The molecule has 0 bridgehead atoms. The van der Waals surface area contributed by atoms with Crippen molar-refractivity contribution in [1.29, 1.82) is 0 Å². The van der Waals surface area contributed by atoms with Gasteiger partial charge in [-0.05, 0) is 18.1 Å². The predicted octanol–water partition coefficient (Wildman–Crippen LogP) is 1.39. The van der Waals surface area contributed by atoms with Gasteiger partial charge in [0, 0.05) is 18.8 Å². The molecule has 0 spiro atoms. The first-order valence-electron chi connectivity index (χ1n) is 6.42. The second kappa shape index (κ2) is 5.39. The molecule has 112 valence electrons. The van der Waals surface area contributed by atoms with Crippen molar-refractivity contribution < 1.29 is 19.6 Å². The van der Waals surface area contributed by atoms with Gasteiger partial charge in [-0.25, -0.2) is 4.79 Å². The van der Waals surface area contributed by atoms with Crippen molar-refractivity contribution in [3.63, 3.8) is 0 Å². The third kappa shape index (κ3) is 2.64. The summed E-state index contributed by atoms with van der Waals surface area (Å²) >= 11 is 0. The zero-order valence-corrected chi connectivity index (χ0v) is 11.6. The Bertz CT molecular complexity index is 628. The van der Waals surface area contributed by atoms with Gasteiger partial charge in [-0.3, -0.25) is 14.9 Å². The highest BCUT2D eigenvalue weighted by Crippen LogP contribution is 2.37. The van der Waals surface area contributed by atoms with Gasteiger partial charge in [-0.15, -0.1) is 0 Å². The van der Waals surface area contributed by atoms with Crippen LogP contribution in [0.4, 0.5) is 17.1 Å². The summed E-state index contributed by atoms with van der Waals surface area (Å²) in [6.07, 6.45) is 0.392. The number of carboxylic acid groups (broad SMARTS) is 1. The van der Waals surface area contributed by atoms with E-state index in [-0.39, 0.29) is 23.7 Å². The monoisotopic (exact) mass is 293 g/mol. The molecule has 1 aromatic carbocycles. The number of anilines is 2. The molecule has 2 N–H and O–H groups in total. The zero-order valence-electron chi connectivity index (χ0n) is 11.6. The van der Waals surface area contributed by atoms with Gasteiger partial charge in [0.1, 0.15) is 11.7 Å². The SMILES string of the molecule is CCC(C(=O)O)N(C)c1cc2c(cc1[N+](=O)[O-])CC(=O)N2. The largest absolute Gasteiger partial charge is 0.480 e. The van der Waals surface area contributed by atoms with Gasteiger partial charge < -0.3 is 15.3 Å². The number of amides is 1. The van der Waals surface area contributed by atoms with E-state index in [1.54, 1.807) is 6.92 Å². The zero-order chi connectivity index (χ0) is 15.7. The molecule has 1 atom stereocenters. The van der Waals surface area contributed by atoms with E-state index in [1.807, 2.05) is 0 Å². The van der Waals surface area contributed by atoms with E-state index in [2.05, 4.69) is 5.32 Å². The van der Waals surface area contributed by atoms with Crippen LogP contribution in [-0.2, 0) is 16.0 Å². The van der Waals surface area contributed by atoms with E-state index < -0.39 is 16.9 Å². The Hall–Kier alpha value is -2.64. The standard InChI is InChI=1S/C13H15N3O5/c1-3-9(13(18)19)15(2)10-6-8-7(5-12(17)14-8)4-11(10)16(20)21/h4,6,9H,3,5H2,1-2H3,(H,14,17)(H,18,19). The van der Waals surface area contributed by atoms with Crippen molar-refractivity contribution in [2.24, 2.45) is 0 Å². The van der Waals surface area contributed by atoms with Gasteiger partial charge in [0.2, 0.25) is 5.91 Å². The average Bonchev–Trinajstić information content (AvgIpc) is 2.76. The third-order valence-electron chi connectivity index (χ3n) is 3.54. The Morgan fingerprint density at radius 2 is 2.24 bits per heavy atom. The molecule has 0 saturated heterocycles. The molecule has 0 fully saturated rings. The molecule has 0 saturated carbocycles. The highest BCUT2D eigenvalue weighted by molar-refractivity contribution is 6.00. The number of carboxylic acids is 1. The molecule has 21 heavy (non-hydrogen) atoms. The maximum atomic E-state index is 11.4. The summed E-state index contributed by atoms with van der Waals surface area (Å²) in [6.45, 7) is 1.69. The van der Waals surface area contributed by atoms with Crippen molar-refractivity contribution in [1.82, 2.24) is 0 Å². The second-order valence-corrected chi connectivity index (χ2v) is 4.85. The van der Waals surface area contributed by atoms with E-state index in [9.17, 15) is 24.8 Å². The summed E-state index contributed by atoms with van der Waals surface area (Å²) in [6, 6.07) is 1.91. The molecular formula is C13H15N3O5. The second-order valence-electron chi connectivity index (χ2n) is 4.85. The molecule has 1 unspecified atom stereocenters. The van der Waals surface area contributed by atoms with Crippen molar-refractivity contribution in [3.8, 4) is 0 Å².